The normalized spacial score (nSPS) is 23.6. The van der Waals surface area contributed by atoms with Crippen LogP contribution in [0.2, 0.25) is 0 Å². The molecule has 0 aromatic carbocycles. The van der Waals surface area contributed by atoms with Crippen molar-refractivity contribution in [3.63, 3.8) is 0 Å². The van der Waals surface area contributed by atoms with Gasteiger partial charge in [-0.2, -0.15) is 0 Å². The number of hydrogen-bond acceptors (Lipinski definition) is 7. The summed E-state index contributed by atoms with van der Waals surface area (Å²) < 4.78 is 0. The van der Waals surface area contributed by atoms with Gasteiger partial charge >= 0.3 is 5.97 Å². The van der Waals surface area contributed by atoms with Crippen molar-refractivity contribution >= 4 is 29.6 Å². The number of nitrogens with zero attached hydrogens (tertiary/aromatic N) is 1. The summed E-state index contributed by atoms with van der Waals surface area (Å²) in [6, 6.07) is -4.52. The minimum atomic E-state index is -1.51. The van der Waals surface area contributed by atoms with E-state index >= 15 is 0 Å². The number of aliphatic hydroxyl groups excluding tert-OH is 1. The van der Waals surface area contributed by atoms with Gasteiger partial charge in [0.25, 0.3) is 0 Å². The molecule has 0 saturated carbocycles. The average Bonchev–Trinajstić information content (AvgIpc) is 3.46. The lowest BCUT2D eigenvalue weighted by Gasteiger charge is -2.31. The first-order chi connectivity index (χ1) is 15.9. The molecule has 34 heavy (non-hydrogen) atoms. The second-order valence-electron chi connectivity index (χ2n) is 9.36. The standard InChI is InChI=1S/C22H37N5O7/c1-11(2)16(25-19(30)14-7-5-9-23-14)21(32)27-10-6-8-15(27)20(31)24-12(3)18(29)26-17(13(4)28)22(33)34/h11-17,23,28H,5-10H2,1-4H3,(H,24,31)(H,25,30)(H,26,29)(H,33,34)/t12-,13+,14-,15-,16-,17-/m0/s1. The summed E-state index contributed by atoms with van der Waals surface area (Å²) in [7, 11) is 0. The zero-order valence-corrected chi connectivity index (χ0v) is 20.2. The van der Waals surface area contributed by atoms with Crippen molar-refractivity contribution in [2.45, 2.75) is 89.7 Å². The number of hydrogen-bond donors (Lipinski definition) is 6. The van der Waals surface area contributed by atoms with Crippen molar-refractivity contribution < 1.29 is 34.2 Å². The predicted molar refractivity (Wildman–Crippen MR) is 121 cm³/mol. The van der Waals surface area contributed by atoms with Gasteiger partial charge in [-0.25, -0.2) is 4.79 Å². The molecule has 4 amide bonds. The second kappa shape index (κ2) is 12.1. The molecule has 12 nitrogen and oxygen atoms in total. The largest absolute Gasteiger partial charge is 0.480 e. The molecule has 0 aliphatic carbocycles. The fourth-order valence-corrected chi connectivity index (χ4v) is 4.20. The Labute approximate surface area is 199 Å². The molecule has 2 fully saturated rings. The number of aliphatic carboxylic acids is 1. The number of carbonyl (C=O) groups excluding carboxylic acids is 4. The van der Waals surface area contributed by atoms with Crippen molar-refractivity contribution in [2.24, 2.45) is 5.92 Å². The third kappa shape index (κ3) is 6.89. The quantitative estimate of drug-likeness (QED) is 0.213. The molecule has 2 saturated heterocycles. The van der Waals surface area contributed by atoms with E-state index in [1.807, 2.05) is 13.8 Å². The maximum atomic E-state index is 13.3. The van der Waals surface area contributed by atoms with E-state index in [1.54, 1.807) is 0 Å². The van der Waals surface area contributed by atoms with Crippen LogP contribution in [0, 0.1) is 5.92 Å². The zero-order valence-electron chi connectivity index (χ0n) is 20.2. The lowest BCUT2D eigenvalue weighted by molar-refractivity contribution is -0.145. The van der Waals surface area contributed by atoms with Crippen LogP contribution >= 0.6 is 0 Å². The Morgan fingerprint density at radius 3 is 2.12 bits per heavy atom. The van der Waals surface area contributed by atoms with Gasteiger partial charge in [-0.3, -0.25) is 19.2 Å². The first kappa shape index (κ1) is 27.5. The number of amides is 4. The monoisotopic (exact) mass is 483 g/mol. The first-order valence-corrected chi connectivity index (χ1v) is 11.8. The van der Waals surface area contributed by atoms with Crippen LogP contribution in [0.3, 0.4) is 0 Å². The summed E-state index contributed by atoms with van der Waals surface area (Å²) in [6.07, 6.45) is 1.27. The molecule has 6 N–H and O–H groups in total. The average molecular weight is 484 g/mol. The third-order valence-corrected chi connectivity index (χ3v) is 6.24. The number of nitrogens with one attached hydrogen (secondary N) is 4. The molecule has 2 aliphatic rings. The molecule has 2 rings (SSSR count). The van der Waals surface area contributed by atoms with E-state index < -0.39 is 48.1 Å². The fraction of sp³-hybridized carbons (Fsp3) is 0.773. The Hall–Kier alpha value is -2.73. The van der Waals surface area contributed by atoms with Crippen LogP contribution in [-0.2, 0) is 24.0 Å². The molecular weight excluding hydrogens is 446 g/mol. The van der Waals surface area contributed by atoms with Crippen LogP contribution in [0.25, 0.3) is 0 Å². The molecule has 0 unspecified atom stereocenters. The number of carboxylic acids is 1. The van der Waals surface area contributed by atoms with Crippen LogP contribution < -0.4 is 21.3 Å². The third-order valence-electron chi connectivity index (χ3n) is 6.24. The molecule has 0 aromatic heterocycles. The summed E-state index contributed by atoms with van der Waals surface area (Å²) in [5, 5.41) is 29.3. The summed E-state index contributed by atoms with van der Waals surface area (Å²) in [5.41, 5.74) is 0. The van der Waals surface area contributed by atoms with Crippen molar-refractivity contribution in [1.29, 1.82) is 0 Å². The summed E-state index contributed by atoms with van der Waals surface area (Å²) in [4.78, 5) is 63.7. The molecular formula is C22H37N5O7. The van der Waals surface area contributed by atoms with E-state index in [1.165, 1.54) is 18.7 Å². The Balaban J connectivity index is 2.02. The molecule has 12 heteroatoms. The highest BCUT2D eigenvalue weighted by Gasteiger charge is 2.40. The van der Waals surface area contributed by atoms with Gasteiger partial charge in [0.05, 0.1) is 12.1 Å². The topological polar surface area (TPSA) is 177 Å². The maximum absolute atomic E-state index is 13.3. The Morgan fingerprint density at radius 1 is 0.912 bits per heavy atom. The lowest BCUT2D eigenvalue weighted by Crippen LogP contribution is -2.59. The zero-order chi connectivity index (χ0) is 25.6. The van der Waals surface area contributed by atoms with E-state index in [9.17, 15) is 29.1 Å². The second-order valence-corrected chi connectivity index (χ2v) is 9.36. The van der Waals surface area contributed by atoms with Crippen LogP contribution in [-0.4, -0.2) is 94.1 Å². The van der Waals surface area contributed by atoms with Gasteiger partial charge in [-0.1, -0.05) is 13.8 Å². The maximum Gasteiger partial charge on any atom is 0.328 e. The van der Waals surface area contributed by atoms with E-state index in [0.717, 1.165) is 13.0 Å². The van der Waals surface area contributed by atoms with E-state index in [-0.39, 0.29) is 23.8 Å². The van der Waals surface area contributed by atoms with Crippen molar-refractivity contribution in [2.75, 3.05) is 13.1 Å². The minimum Gasteiger partial charge on any atom is -0.480 e. The van der Waals surface area contributed by atoms with Crippen LogP contribution in [0.4, 0.5) is 0 Å². The Morgan fingerprint density at radius 2 is 1.59 bits per heavy atom. The van der Waals surface area contributed by atoms with Gasteiger partial charge in [-0.05, 0) is 52.0 Å². The van der Waals surface area contributed by atoms with E-state index in [2.05, 4.69) is 21.3 Å². The first-order valence-electron chi connectivity index (χ1n) is 11.8. The highest BCUT2D eigenvalue weighted by Crippen LogP contribution is 2.21. The van der Waals surface area contributed by atoms with Gasteiger partial charge in [0.1, 0.15) is 18.1 Å². The summed E-state index contributed by atoms with van der Waals surface area (Å²) in [6.45, 7) is 7.37. The van der Waals surface area contributed by atoms with Gasteiger partial charge in [-0.15, -0.1) is 0 Å². The number of rotatable bonds is 10. The van der Waals surface area contributed by atoms with Crippen LogP contribution in [0.5, 0.6) is 0 Å². The van der Waals surface area contributed by atoms with Gasteiger partial charge in [0.15, 0.2) is 6.04 Å². The molecule has 2 heterocycles. The van der Waals surface area contributed by atoms with Gasteiger partial charge in [0.2, 0.25) is 23.6 Å². The lowest BCUT2D eigenvalue weighted by atomic mass is 10.0. The minimum absolute atomic E-state index is 0.194. The number of aliphatic hydroxyl groups is 1. The van der Waals surface area contributed by atoms with Gasteiger partial charge in [0, 0.05) is 6.54 Å². The molecule has 6 atom stereocenters. The highest BCUT2D eigenvalue weighted by molar-refractivity contribution is 5.95. The number of likely N-dealkylation sites (tertiary alicyclic amines) is 1. The molecule has 0 radical (unpaired) electrons. The van der Waals surface area contributed by atoms with Crippen molar-refractivity contribution in [1.82, 2.24) is 26.2 Å². The van der Waals surface area contributed by atoms with Crippen molar-refractivity contribution in [3.05, 3.63) is 0 Å². The van der Waals surface area contributed by atoms with E-state index in [0.29, 0.717) is 25.8 Å². The van der Waals surface area contributed by atoms with Crippen LogP contribution in [0.15, 0.2) is 0 Å². The smallest absolute Gasteiger partial charge is 0.328 e. The Kier molecular flexibility index (Phi) is 9.80. The SMILES string of the molecule is CC(C)[C@H](NC(=O)[C@@H]1CCCN1)C(=O)N1CCC[C@H]1C(=O)N[C@@H](C)C(=O)N[C@H](C(=O)O)[C@@H](C)O. The molecule has 2 aliphatic heterocycles. The predicted octanol–water partition coefficient (Wildman–Crippen LogP) is -1.67. The van der Waals surface area contributed by atoms with E-state index in [4.69, 9.17) is 5.11 Å². The summed E-state index contributed by atoms with van der Waals surface area (Å²) >= 11 is 0. The molecule has 0 spiro atoms. The molecule has 0 bridgehead atoms. The summed E-state index contributed by atoms with van der Waals surface area (Å²) in [5.74, 6) is -3.49. The number of carboxylic acid groups (broad SMARTS) is 1. The van der Waals surface area contributed by atoms with Crippen LogP contribution in [0.1, 0.15) is 53.4 Å². The highest BCUT2D eigenvalue weighted by atomic mass is 16.4. The Bertz CT molecular complexity index is 782. The molecule has 0 aromatic rings. The van der Waals surface area contributed by atoms with Crippen molar-refractivity contribution in [3.8, 4) is 0 Å². The fourth-order valence-electron chi connectivity index (χ4n) is 4.20. The molecule has 192 valence electrons. The number of carbonyl (C=O) groups is 5. The van der Waals surface area contributed by atoms with Gasteiger partial charge < -0.3 is 36.4 Å².